The first kappa shape index (κ1) is 23.8. The first-order valence-electron chi connectivity index (χ1n) is 10.0. The summed E-state index contributed by atoms with van der Waals surface area (Å²) in [6, 6.07) is 4.26. The molecule has 1 aromatic carbocycles. The van der Waals surface area contributed by atoms with Crippen LogP contribution in [-0.2, 0) is 21.5 Å². The van der Waals surface area contributed by atoms with Crippen LogP contribution in [-0.4, -0.2) is 24.1 Å². The maximum absolute atomic E-state index is 13.6. The van der Waals surface area contributed by atoms with Gasteiger partial charge >= 0.3 is 6.18 Å². The molecule has 2 nitrogen and oxygen atoms in total. The van der Waals surface area contributed by atoms with Crippen LogP contribution in [0.4, 0.5) is 13.2 Å². The van der Waals surface area contributed by atoms with Crippen molar-refractivity contribution >= 4 is 22.8 Å². The first-order valence-corrected chi connectivity index (χ1v) is 11.9. The fraction of sp³-hybridized carbons (Fsp3) is 0.714. The van der Waals surface area contributed by atoms with Gasteiger partial charge in [-0.15, -0.1) is 0 Å². The zero-order valence-corrected chi connectivity index (χ0v) is 18.7. The quantitative estimate of drug-likeness (QED) is 0.465. The van der Waals surface area contributed by atoms with Crippen molar-refractivity contribution in [1.29, 1.82) is 0 Å². The molecule has 0 aliphatic heterocycles. The predicted octanol–water partition coefficient (Wildman–Crippen LogP) is 6.55. The van der Waals surface area contributed by atoms with Crippen LogP contribution in [0.5, 0.6) is 0 Å². The third-order valence-corrected chi connectivity index (χ3v) is 7.63. The molecule has 1 saturated carbocycles. The van der Waals surface area contributed by atoms with E-state index >= 15 is 0 Å². The summed E-state index contributed by atoms with van der Waals surface area (Å²) in [7, 11) is 0. The molecule has 1 unspecified atom stereocenters. The van der Waals surface area contributed by atoms with Gasteiger partial charge in [0.05, 0.1) is 5.56 Å². The zero-order valence-electron chi connectivity index (χ0n) is 17.2. The van der Waals surface area contributed by atoms with Gasteiger partial charge in [0.2, 0.25) is 0 Å². The molecule has 1 aliphatic rings. The van der Waals surface area contributed by atoms with Crippen molar-refractivity contribution in [2.24, 2.45) is 5.41 Å². The SMILES string of the molecule is CC[S+](CC)OC(CNC1CCC(C)(C)CC1)c1c(Cl)cccc1C(F)(F)F. The van der Waals surface area contributed by atoms with E-state index in [2.05, 4.69) is 19.2 Å². The van der Waals surface area contributed by atoms with E-state index in [4.69, 9.17) is 15.8 Å². The molecule has 28 heavy (non-hydrogen) atoms. The van der Waals surface area contributed by atoms with Gasteiger partial charge in [-0.2, -0.15) is 17.4 Å². The highest BCUT2D eigenvalue weighted by Gasteiger charge is 2.39. The van der Waals surface area contributed by atoms with Crippen molar-refractivity contribution in [3.63, 3.8) is 0 Å². The lowest BCUT2D eigenvalue weighted by Crippen LogP contribution is -2.39. The Labute approximate surface area is 175 Å². The fourth-order valence-electron chi connectivity index (χ4n) is 3.68. The van der Waals surface area contributed by atoms with E-state index in [-0.39, 0.29) is 10.6 Å². The summed E-state index contributed by atoms with van der Waals surface area (Å²) in [6.45, 7) is 8.86. The predicted molar refractivity (Wildman–Crippen MR) is 113 cm³/mol. The van der Waals surface area contributed by atoms with Crippen LogP contribution < -0.4 is 5.32 Å². The molecule has 0 amide bonds. The van der Waals surface area contributed by atoms with Gasteiger partial charge in [-0.25, -0.2) is 0 Å². The second kappa shape index (κ2) is 10.1. The molecule has 1 fully saturated rings. The smallest absolute Gasteiger partial charge is 0.311 e. The molecule has 0 spiro atoms. The van der Waals surface area contributed by atoms with Crippen molar-refractivity contribution in [3.05, 3.63) is 34.3 Å². The maximum Gasteiger partial charge on any atom is 0.416 e. The number of rotatable bonds is 8. The molecular weight excluding hydrogens is 407 g/mol. The number of nitrogens with one attached hydrogen (secondary N) is 1. The largest absolute Gasteiger partial charge is 0.416 e. The molecule has 1 aliphatic carbocycles. The molecule has 1 aromatic rings. The van der Waals surface area contributed by atoms with E-state index in [0.29, 0.717) is 18.0 Å². The zero-order chi connectivity index (χ0) is 20.9. The summed E-state index contributed by atoms with van der Waals surface area (Å²) in [5.74, 6) is 1.55. The van der Waals surface area contributed by atoms with Gasteiger partial charge < -0.3 is 5.32 Å². The number of hydrogen-bond acceptors (Lipinski definition) is 2. The van der Waals surface area contributed by atoms with Crippen LogP contribution in [0, 0.1) is 5.41 Å². The summed E-state index contributed by atoms with van der Waals surface area (Å²) in [5, 5.41) is 3.58. The molecular formula is C21H32ClF3NOS+. The average molecular weight is 439 g/mol. The Morgan fingerprint density at radius 3 is 2.36 bits per heavy atom. The van der Waals surface area contributed by atoms with Crippen LogP contribution in [0.25, 0.3) is 0 Å². The maximum atomic E-state index is 13.6. The number of alkyl halides is 3. The van der Waals surface area contributed by atoms with Gasteiger partial charge in [-0.1, -0.05) is 31.5 Å². The van der Waals surface area contributed by atoms with E-state index in [9.17, 15) is 13.2 Å². The van der Waals surface area contributed by atoms with Crippen molar-refractivity contribution in [2.75, 3.05) is 18.1 Å². The second-order valence-electron chi connectivity index (χ2n) is 8.15. The minimum Gasteiger partial charge on any atom is -0.311 e. The van der Waals surface area contributed by atoms with Gasteiger partial charge in [0.15, 0.2) is 6.10 Å². The van der Waals surface area contributed by atoms with Crippen LogP contribution >= 0.6 is 11.6 Å². The molecule has 0 radical (unpaired) electrons. The third-order valence-electron chi connectivity index (χ3n) is 5.51. The molecule has 7 heteroatoms. The highest BCUT2D eigenvalue weighted by molar-refractivity contribution is 7.92. The normalized spacial score (nSPS) is 19.2. The van der Waals surface area contributed by atoms with Crippen LogP contribution in [0.15, 0.2) is 18.2 Å². The Kier molecular flexibility index (Phi) is 8.56. The Morgan fingerprint density at radius 2 is 1.82 bits per heavy atom. The van der Waals surface area contributed by atoms with E-state index in [1.54, 1.807) is 0 Å². The summed E-state index contributed by atoms with van der Waals surface area (Å²) < 4.78 is 47.1. The van der Waals surface area contributed by atoms with Crippen LogP contribution in [0.1, 0.15) is 70.6 Å². The van der Waals surface area contributed by atoms with E-state index < -0.39 is 29.0 Å². The summed E-state index contributed by atoms with van der Waals surface area (Å²) in [5.41, 5.74) is -0.302. The Hall–Kier alpha value is -0.430. The van der Waals surface area contributed by atoms with Gasteiger partial charge in [-0.3, -0.25) is 0 Å². The van der Waals surface area contributed by atoms with Crippen molar-refractivity contribution < 1.29 is 17.4 Å². The summed E-state index contributed by atoms with van der Waals surface area (Å²) in [4.78, 5) is 0. The molecule has 0 aromatic heterocycles. The van der Waals surface area contributed by atoms with Crippen LogP contribution in [0.2, 0.25) is 5.02 Å². The first-order chi connectivity index (χ1) is 13.1. The van der Waals surface area contributed by atoms with E-state index in [1.807, 2.05) is 13.8 Å². The van der Waals surface area contributed by atoms with Gasteiger partial charge in [0, 0.05) is 23.2 Å². The monoisotopic (exact) mass is 438 g/mol. The summed E-state index contributed by atoms with van der Waals surface area (Å²) >= 11 is 5.86. The van der Waals surface area contributed by atoms with Crippen molar-refractivity contribution in [3.8, 4) is 0 Å². The lowest BCUT2D eigenvalue weighted by atomic mass is 9.75. The Morgan fingerprint density at radius 1 is 1.21 bits per heavy atom. The highest BCUT2D eigenvalue weighted by Crippen LogP contribution is 2.40. The standard InChI is InChI=1S/C21H32ClF3NOS/c1-5-28(6-2)27-18(14-26-15-10-12-20(3,4)13-11-15)19-16(21(23,24)25)8-7-9-17(19)22/h7-9,15,18,26H,5-6,10-14H2,1-4H3/q+1. The number of halogens is 4. The minimum absolute atomic E-state index is 0.0553. The van der Waals surface area contributed by atoms with E-state index in [0.717, 1.165) is 43.3 Å². The molecule has 0 saturated heterocycles. The van der Waals surface area contributed by atoms with Gasteiger partial charge in [0.25, 0.3) is 0 Å². The Bertz CT molecular complexity index is 625. The Balaban J connectivity index is 2.23. The van der Waals surface area contributed by atoms with E-state index in [1.165, 1.54) is 12.1 Å². The molecule has 1 N–H and O–H groups in total. The molecule has 0 bridgehead atoms. The highest BCUT2D eigenvalue weighted by atomic mass is 35.5. The van der Waals surface area contributed by atoms with Crippen molar-refractivity contribution in [1.82, 2.24) is 5.32 Å². The molecule has 1 atom stereocenters. The number of benzene rings is 1. The van der Waals surface area contributed by atoms with Crippen molar-refractivity contribution in [2.45, 2.75) is 71.7 Å². The van der Waals surface area contributed by atoms with Gasteiger partial charge in [-0.05, 0) is 57.1 Å². The minimum atomic E-state index is -4.46. The molecule has 160 valence electrons. The van der Waals surface area contributed by atoms with Gasteiger partial charge in [0.1, 0.15) is 22.7 Å². The topological polar surface area (TPSA) is 21.3 Å². The second-order valence-corrected chi connectivity index (χ2v) is 10.8. The lowest BCUT2D eigenvalue weighted by molar-refractivity contribution is -0.139. The average Bonchev–Trinajstić information content (AvgIpc) is 2.62. The lowest BCUT2D eigenvalue weighted by Gasteiger charge is -2.35. The number of hydrogen-bond donors (Lipinski definition) is 1. The molecule has 0 heterocycles. The molecule has 2 rings (SSSR count). The third kappa shape index (κ3) is 6.54. The fourth-order valence-corrected chi connectivity index (χ4v) is 5.15. The summed E-state index contributed by atoms with van der Waals surface area (Å²) in [6.07, 6.45) is -0.894. The van der Waals surface area contributed by atoms with Crippen LogP contribution in [0.3, 0.4) is 0 Å².